The minimum Gasteiger partial charge on any atom is -0.323 e. The summed E-state index contributed by atoms with van der Waals surface area (Å²) in [6, 6.07) is 0. The molecule has 4 nitrogen and oxygen atoms in total. The molecule has 1 N–H and O–H groups in total. The summed E-state index contributed by atoms with van der Waals surface area (Å²) in [7, 11) is 0. The molecule has 2 saturated carbocycles. The van der Waals surface area contributed by atoms with Gasteiger partial charge in [0.25, 0.3) is 0 Å². The molecule has 2 fully saturated rings. The number of carbonyl (C=O) groups excluding carboxylic acids is 1. The van der Waals surface area contributed by atoms with Crippen molar-refractivity contribution in [2.45, 2.75) is 57.9 Å². The van der Waals surface area contributed by atoms with Crippen LogP contribution in [-0.4, -0.2) is 15.7 Å². The first-order valence-electron chi connectivity index (χ1n) is 7.62. The molecule has 1 aromatic rings. The van der Waals surface area contributed by atoms with Crippen LogP contribution in [0.5, 0.6) is 0 Å². The molecule has 0 aliphatic heterocycles. The van der Waals surface area contributed by atoms with Gasteiger partial charge in [-0.25, -0.2) is 0 Å². The van der Waals surface area contributed by atoms with Crippen LogP contribution in [0.1, 0.15) is 51.4 Å². The lowest BCUT2D eigenvalue weighted by atomic mass is 10.0. The highest BCUT2D eigenvalue weighted by atomic mass is 16.1. The van der Waals surface area contributed by atoms with Crippen molar-refractivity contribution in [1.29, 1.82) is 0 Å². The lowest BCUT2D eigenvalue weighted by molar-refractivity contribution is -0.116. The summed E-state index contributed by atoms with van der Waals surface area (Å²) in [5.74, 6) is 1.73. The Balaban J connectivity index is 1.41. The van der Waals surface area contributed by atoms with Crippen molar-refractivity contribution in [2.75, 3.05) is 5.32 Å². The molecule has 2 aliphatic rings. The van der Waals surface area contributed by atoms with Crippen molar-refractivity contribution in [2.24, 2.45) is 11.8 Å². The van der Waals surface area contributed by atoms with Gasteiger partial charge in [0.05, 0.1) is 11.9 Å². The largest absolute Gasteiger partial charge is 0.323 e. The van der Waals surface area contributed by atoms with E-state index in [2.05, 4.69) is 10.4 Å². The number of nitrogens with zero attached hydrogens (tertiary/aromatic N) is 2. The Bertz CT molecular complexity index is 430. The first-order chi connectivity index (χ1) is 9.29. The first kappa shape index (κ1) is 12.7. The van der Waals surface area contributed by atoms with Gasteiger partial charge in [0, 0.05) is 19.2 Å². The van der Waals surface area contributed by atoms with E-state index in [0.29, 0.717) is 6.42 Å². The zero-order valence-corrected chi connectivity index (χ0v) is 11.5. The van der Waals surface area contributed by atoms with Gasteiger partial charge < -0.3 is 5.32 Å². The van der Waals surface area contributed by atoms with E-state index in [-0.39, 0.29) is 5.91 Å². The van der Waals surface area contributed by atoms with Gasteiger partial charge in [-0.05, 0) is 31.1 Å². The summed E-state index contributed by atoms with van der Waals surface area (Å²) >= 11 is 0. The monoisotopic (exact) mass is 261 g/mol. The van der Waals surface area contributed by atoms with Gasteiger partial charge in [-0.2, -0.15) is 5.10 Å². The van der Waals surface area contributed by atoms with Crippen LogP contribution in [0.4, 0.5) is 5.69 Å². The van der Waals surface area contributed by atoms with Crippen molar-refractivity contribution in [1.82, 2.24) is 9.78 Å². The average Bonchev–Trinajstić information content (AvgIpc) is 2.90. The van der Waals surface area contributed by atoms with E-state index in [0.717, 1.165) is 30.5 Å². The molecule has 1 aromatic heterocycles. The smallest absolute Gasteiger partial charge is 0.224 e. The fraction of sp³-hybridized carbons (Fsp3) is 0.733. The Hall–Kier alpha value is -1.32. The molecular formula is C15H23N3O. The molecule has 0 saturated heterocycles. The predicted molar refractivity (Wildman–Crippen MR) is 74.8 cm³/mol. The minimum atomic E-state index is 0.137. The maximum absolute atomic E-state index is 11.9. The third kappa shape index (κ3) is 3.82. The summed E-state index contributed by atoms with van der Waals surface area (Å²) in [4.78, 5) is 11.9. The molecule has 3 rings (SSSR count). The molecule has 104 valence electrons. The predicted octanol–water partition coefficient (Wildman–Crippen LogP) is 3.20. The highest BCUT2D eigenvalue weighted by molar-refractivity contribution is 5.90. The standard InChI is InChI=1S/C15H23N3O/c19-15(8-7-12-3-1-2-4-12)17-14-9-16-18(11-14)10-13-5-6-13/h9,11-13H,1-8,10H2,(H,17,19). The number of anilines is 1. The van der Waals surface area contributed by atoms with E-state index >= 15 is 0 Å². The molecular weight excluding hydrogens is 238 g/mol. The van der Waals surface area contributed by atoms with E-state index < -0.39 is 0 Å². The number of rotatable bonds is 6. The van der Waals surface area contributed by atoms with Crippen LogP contribution in [0.25, 0.3) is 0 Å². The molecule has 1 heterocycles. The van der Waals surface area contributed by atoms with Gasteiger partial charge in [0.2, 0.25) is 5.91 Å². The van der Waals surface area contributed by atoms with Crippen molar-refractivity contribution in [3.63, 3.8) is 0 Å². The number of aromatic nitrogens is 2. The van der Waals surface area contributed by atoms with E-state index in [4.69, 9.17) is 0 Å². The van der Waals surface area contributed by atoms with E-state index in [1.54, 1.807) is 6.20 Å². The minimum absolute atomic E-state index is 0.137. The zero-order chi connectivity index (χ0) is 13.1. The molecule has 0 radical (unpaired) electrons. The summed E-state index contributed by atoms with van der Waals surface area (Å²) in [5.41, 5.74) is 0.845. The third-order valence-corrected chi connectivity index (χ3v) is 4.31. The molecule has 0 atom stereocenters. The summed E-state index contributed by atoms with van der Waals surface area (Å²) in [6.07, 6.45) is 13.4. The molecule has 0 aromatic carbocycles. The van der Waals surface area contributed by atoms with Crippen LogP contribution in [0.2, 0.25) is 0 Å². The molecule has 0 unspecified atom stereocenters. The van der Waals surface area contributed by atoms with Crippen LogP contribution >= 0.6 is 0 Å². The quantitative estimate of drug-likeness (QED) is 0.854. The maximum atomic E-state index is 11.9. The Morgan fingerprint density at radius 1 is 1.26 bits per heavy atom. The third-order valence-electron chi connectivity index (χ3n) is 4.31. The fourth-order valence-corrected chi connectivity index (χ4v) is 2.95. The summed E-state index contributed by atoms with van der Waals surface area (Å²) in [6.45, 7) is 0.998. The maximum Gasteiger partial charge on any atom is 0.224 e. The molecule has 0 spiro atoms. The van der Waals surface area contributed by atoms with Crippen molar-refractivity contribution in [3.8, 4) is 0 Å². The van der Waals surface area contributed by atoms with Crippen LogP contribution < -0.4 is 5.32 Å². The number of carbonyl (C=O) groups is 1. The lowest BCUT2D eigenvalue weighted by Crippen LogP contribution is -2.12. The molecule has 4 heteroatoms. The van der Waals surface area contributed by atoms with Crippen molar-refractivity contribution < 1.29 is 4.79 Å². The van der Waals surface area contributed by atoms with Crippen molar-refractivity contribution in [3.05, 3.63) is 12.4 Å². The second kappa shape index (κ2) is 5.76. The number of hydrogen-bond donors (Lipinski definition) is 1. The van der Waals surface area contributed by atoms with Crippen LogP contribution in [0, 0.1) is 11.8 Å². The molecule has 2 aliphatic carbocycles. The van der Waals surface area contributed by atoms with Gasteiger partial charge >= 0.3 is 0 Å². The number of hydrogen-bond acceptors (Lipinski definition) is 2. The second-order valence-corrected chi connectivity index (χ2v) is 6.13. The Labute approximate surface area is 114 Å². The van der Waals surface area contributed by atoms with E-state index in [9.17, 15) is 4.79 Å². The van der Waals surface area contributed by atoms with Gasteiger partial charge in [-0.1, -0.05) is 25.7 Å². The molecule has 0 bridgehead atoms. The Kier molecular flexibility index (Phi) is 3.85. The van der Waals surface area contributed by atoms with Crippen LogP contribution in [0.3, 0.4) is 0 Å². The Morgan fingerprint density at radius 3 is 2.79 bits per heavy atom. The lowest BCUT2D eigenvalue weighted by Gasteiger charge is -2.07. The zero-order valence-electron chi connectivity index (χ0n) is 11.5. The molecule has 1 amide bonds. The summed E-state index contributed by atoms with van der Waals surface area (Å²) < 4.78 is 1.95. The van der Waals surface area contributed by atoms with Gasteiger partial charge in [0.1, 0.15) is 0 Å². The molecule has 19 heavy (non-hydrogen) atoms. The second-order valence-electron chi connectivity index (χ2n) is 6.13. The average molecular weight is 261 g/mol. The highest BCUT2D eigenvalue weighted by Crippen LogP contribution is 2.30. The highest BCUT2D eigenvalue weighted by Gasteiger charge is 2.22. The summed E-state index contributed by atoms with van der Waals surface area (Å²) in [5, 5.41) is 7.25. The SMILES string of the molecule is O=C(CCC1CCCC1)Nc1cnn(CC2CC2)c1. The van der Waals surface area contributed by atoms with E-state index in [1.807, 2.05) is 10.9 Å². The van der Waals surface area contributed by atoms with Gasteiger partial charge in [0.15, 0.2) is 0 Å². The number of amides is 1. The Morgan fingerprint density at radius 2 is 2.05 bits per heavy atom. The van der Waals surface area contributed by atoms with Crippen LogP contribution in [-0.2, 0) is 11.3 Å². The fourth-order valence-electron chi connectivity index (χ4n) is 2.95. The van der Waals surface area contributed by atoms with Gasteiger partial charge in [-0.15, -0.1) is 0 Å². The van der Waals surface area contributed by atoms with Crippen molar-refractivity contribution >= 4 is 11.6 Å². The number of nitrogens with one attached hydrogen (secondary N) is 1. The topological polar surface area (TPSA) is 46.9 Å². The normalized spacial score (nSPS) is 19.8. The van der Waals surface area contributed by atoms with Gasteiger partial charge in [-0.3, -0.25) is 9.48 Å². The first-order valence-corrected chi connectivity index (χ1v) is 7.62. The van der Waals surface area contributed by atoms with Crippen LogP contribution in [0.15, 0.2) is 12.4 Å². The van der Waals surface area contributed by atoms with E-state index in [1.165, 1.54) is 38.5 Å².